The molecule has 0 aromatic rings. The lowest BCUT2D eigenvalue weighted by Crippen LogP contribution is -2.28. The molecule has 0 bridgehead atoms. The Balaban J connectivity index is 2.28. The van der Waals surface area contributed by atoms with Crippen LogP contribution in [0.25, 0.3) is 0 Å². The normalized spacial score (nSPS) is 19.3. The highest BCUT2D eigenvalue weighted by Gasteiger charge is 2.24. The summed E-state index contributed by atoms with van der Waals surface area (Å²) < 4.78 is 5.05. The van der Waals surface area contributed by atoms with Crippen LogP contribution in [0.3, 0.4) is 0 Å². The van der Waals surface area contributed by atoms with E-state index < -0.39 is 5.97 Å². The molecule has 2 atom stereocenters. The summed E-state index contributed by atoms with van der Waals surface area (Å²) in [4.78, 5) is 12.7. The number of carboxylic acids is 1. The van der Waals surface area contributed by atoms with Gasteiger partial charge in [-0.15, -0.1) is 0 Å². The molecule has 1 fully saturated rings. The molecule has 1 aliphatic heterocycles. The summed E-state index contributed by atoms with van der Waals surface area (Å²) in [6.45, 7) is 7.45. The summed E-state index contributed by atoms with van der Waals surface area (Å²) in [5, 5.41) is 18.5. The summed E-state index contributed by atoms with van der Waals surface area (Å²) in [6, 6.07) is 0.318. The van der Waals surface area contributed by atoms with Crippen LogP contribution in [-0.2, 0) is 9.53 Å². The van der Waals surface area contributed by atoms with Crippen molar-refractivity contribution in [1.29, 1.82) is 0 Å². The first-order valence-corrected chi connectivity index (χ1v) is 9.15. The van der Waals surface area contributed by atoms with E-state index in [1.165, 1.54) is 12.8 Å². The van der Waals surface area contributed by atoms with Crippen LogP contribution in [-0.4, -0.2) is 53.0 Å². The molecule has 24 heavy (non-hydrogen) atoms. The van der Waals surface area contributed by atoms with Crippen molar-refractivity contribution in [3.63, 3.8) is 0 Å². The van der Waals surface area contributed by atoms with Crippen LogP contribution in [0.4, 0.5) is 0 Å². The Kier molecular flexibility index (Phi) is 10.4. The summed E-state index contributed by atoms with van der Waals surface area (Å²) in [7, 11) is 0. The van der Waals surface area contributed by atoms with Gasteiger partial charge < -0.3 is 19.8 Å². The lowest BCUT2D eigenvalue weighted by atomic mass is 10.1. The number of aliphatic hydroxyl groups excluding tert-OH is 1. The van der Waals surface area contributed by atoms with Gasteiger partial charge in [0, 0.05) is 24.9 Å². The van der Waals surface area contributed by atoms with Crippen molar-refractivity contribution in [3.05, 3.63) is 24.4 Å². The summed E-state index contributed by atoms with van der Waals surface area (Å²) in [5.41, 5.74) is 1.15. The number of aliphatic hydroxyl groups is 1. The second-order valence-corrected chi connectivity index (χ2v) is 6.47. The lowest BCUT2D eigenvalue weighted by molar-refractivity contribution is -0.142. The van der Waals surface area contributed by atoms with Crippen molar-refractivity contribution in [2.75, 3.05) is 19.8 Å². The molecule has 1 saturated heterocycles. The fraction of sp³-hybridized carbons (Fsp3) is 0.737. The van der Waals surface area contributed by atoms with Crippen LogP contribution in [0.5, 0.6) is 0 Å². The minimum atomic E-state index is -0.925. The largest absolute Gasteiger partial charge is 0.480 e. The highest BCUT2D eigenvalue weighted by molar-refractivity contribution is 5.67. The number of allylic oxidation sites excluding steroid dienone is 1. The maximum atomic E-state index is 10.4. The van der Waals surface area contributed by atoms with Crippen LogP contribution in [0.2, 0.25) is 0 Å². The van der Waals surface area contributed by atoms with Crippen molar-refractivity contribution in [2.45, 2.75) is 70.4 Å². The average Bonchev–Trinajstić information content (AvgIpc) is 2.89. The van der Waals surface area contributed by atoms with Crippen LogP contribution in [0.1, 0.15) is 58.3 Å². The molecule has 0 aliphatic carbocycles. The van der Waals surface area contributed by atoms with Gasteiger partial charge in [0.1, 0.15) is 6.61 Å². The molecule has 0 aromatic carbocycles. The summed E-state index contributed by atoms with van der Waals surface area (Å²) in [6.07, 6.45) is 11.8. The SMILES string of the molecule is C=C1CC[C@H](/C=C/[C@@H](O)CCCCC)N1CCCCOCC(=O)O. The molecule has 0 unspecified atom stereocenters. The first-order valence-electron chi connectivity index (χ1n) is 9.15. The molecule has 1 rings (SSSR count). The van der Waals surface area contributed by atoms with E-state index >= 15 is 0 Å². The lowest BCUT2D eigenvalue weighted by Gasteiger charge is -2.25. The first kappa shape index (κ1) is 20.7. The molecule has 0 amide bonds. The van der Waals surface area contributed by atoms with E-state index in [0.29, 0.717) is 12.6 Å². The van der Waals surface area contributed by atoms with Gasteiger partial charge in [-0.2, -0.15) is 0 Å². The molecular formula is C19H33NO4. The minimum Gasteiger partial charge on any atom is -0.480 e. The van der Waals surface area contributed by atoms with Gasteiger partial charge in [-0.3, -0.25) is 0 Å². The highest BCUT2D eigenvalue weighted by atomic mass is 16.5. The zero-order chi connectivity index (χ0) is 17.8. The molecule has 0 radical (unpaired) electrons. The standard InChI is InChI=1S/C19H33NO4/c1-3-4-5-8-18(21)12-11-17-10-9-16(2)20(17)13-6-7-14-24-15-19(22)23/h11-12,17-18,21H,2-10,13-15H2,1H3,(H,22,23)/b12-11+/t17-,18+/m1/s1. The minimum absolute atomic E-state index is 0.224. The average molecular weight is 339 g/mol. The van der Waals surface area contributed by atoms with Crippen molar-refractivity contribution in [1.82, 2.24) is 4.90 Å². The van der Waals surface area contributed by atoms with Gasteiger partial charge in [0.15, 0.2) is 0 Å². The number of carbonyl (C=O) groups is 1. The molecule has 138 valence electrons. The van der Waals surface area contributed by atoms with Gasteiger partial charge in [-0.05, 0) is 32.1 Å². The molecule has 1 heterocycles. The topological polar surface area (TPSA) is 70.0 Å². The zero-order valence-corrected chi connectivity index (χ0v) is 15.0. The maximum absolute atomic E-state index is 10.4. The number of rotatable bonds is 13. The Bertz CT molecular complexity index is 408. The Morgan fingerprint density at radius 2 is 2.21 bits per heavy atom. The number of hydrogen-bond donors (Lipinski definition) is 2. The highest BCUT2D eigenvalue weighted by Crippen LogP contribution is 2.27. The van der Waals surface area contributed by atoms with E-state index in [2.05, 4.69) is 24.5 Å². The summed E-state index contributed by atoms with van der Waals surface area (Å²) in [5.74, 6) is -0.925. The molecule has 5 nitrogen and oxygen atoms in total. The monoisotopic (exact) mass is 339 g/mol. The van der Waals surface area contributed by atoms with Gasteiger partial charge in [0.25, 0.3) is 0 Å². The van der Waals surface area contributed by atoms with E-state index in [0.717, 1.165) is 50.8 Å². The van der Waals surface area contributed by atoms with Crippen molar-refractivity contribution in [2.24, 2.45) is 0 Å². The van der Waals surface area contributed by atoms with Crippen LogP contribution >= 0.6 is 0 Å². The van der Waals surface area contributed by atoms with E-state index in [1.807, 2.05) is 6.08 Å². The molecule has 1 aliphatic rings. The number of carboxylic acid groups (broad SMARTS) is 1. The van der Waals surface area contributed by atoms with Gasteiger partial charge in [0.05, 0.1) is 6.10 Å². The van der Waals surface area contributed by atoms with Gasteiger partial charge in [0.2, 0.25) is 0 Å². The third kappa shape index (κ3) is 8.50. The number of unbranched alkanes of at least 4 members (excludes halogenated alkanes) is 3. The van der Waals surface area contributed by atoms with Crippen molar-refractivity contribution in [3.8, 4) is 0 Å². The third-order valence-electron chi connectivity index (χ3n) is 4.36. The van der Waals surface area contributed by atoms with Crippen LogP contribution in [0, 0.1) is 0 Å². The smallest absolute Gasteiger partial charge is 0.329 e. The Hall–Kier alpha value is -1.33. The third-order valence-corrected chi connectivity index (χ3v) is 4.36. The number of ether oxygens (including phenoxy) is 1. The Morgan fingerprint density at radius 3 is 2.92 bits per heavy atom. The predicted molar refractivity (Wildman–Crippen MR) is 95.8 cm³/mol. The molecule has 5 heteroatoms. The second kappa shape index (κ2) is 12.1. The fourth-order valence-electron chi connectivity index (χ4n) is 2.97. The zero-order valence-electron chi connectivity index (χ0n) is 15.0. The quantitative estimate of drug-likeness (QED) is 0.398. The van der Waals surface area contributed by atoms with Gasteiger partial charge >= 0.3 is 5.97 Å². The number of likely N-dealkylation sites (tertiary alicyclic amines) is 1. The molecule has 2 N–H and O–H groups in total. The van der Waals surface area contributed by atoms with Gasteiger partial charge in [-0.1, -0.05) is 44.9 Å². The number of aliphatic carboxylic acids is 1. The number of hydrogen-bond acceptors (Lipinski definition) is 4. The molecule has 0 aromatic heterocycles. The Morgan fingerprint density at radius 1 is 1.42 bits per heavy atom. The van der Waals surface area contributed by atoms with Crippen LogP contribution in [0.15, 0.2) is 24.4 Å². The molecule has 0 spiro atoms. The summed E-state index contributed by atoms with van der Waals surface area (Å²) >= 11 is 0. The van der Waals surface area contributed by atoms with E-state index in [-0.39, 0.29) is 12.7 Å². The number of nitrogens with zero attached hydrogens (tertiary/aromatic N) is 1. The van der Waals surface area contributed by atoms with E-state index in [1.54, 1.807) is 0 Å². The van der Waals surface area contributed by atoms with E-state index in [9.17, 15) is 9.90 Å². The van der Waals surface area contributed by atoms with E-state index in [4.69, 9.17) is 9.84 Å². The first-order chi connectivity index (χ1) is 11.5. The maximum Gasteiger partial charge on any atom is 0.329 e. The molecular weight excluding hydrogens is 306 g/mol. The predicted octanol–water partition coefficient (Wildman–Crippen LogP) is 3.34. The van der Waals surface area contributed by atoms with Crippen molar-refractivity contribution < 1.29 is 19.7 Å². The van der Waals surface area contributed by atoms with Crippen molar-refractivity contribution >= 4 is 5.97 Å². The van der Waals surface area contributed by atoms with Gasteiger partial charge in [-0.25, -0.2) is 4.79 Å². The Labute approximate surface area is 146 Å². The van der Waals surface area contributed by atoms with Crippen LogP contribution < -0.4 is 0 Å². The molecule has 0 saturated carbocycles. The second-order valence-electron chi connectivity index (χ2n) is 6.47. The fourth-order valence-corrected chi connectivity index (χ4v) is 2.97.